The van der Waals surface area contributed by atoms with Gasteiger partial charge in [-0.1, -0.05) is 51.9 Å². The lowest BCUT2D eigenvalue weighted by Crippen LogP contribution is -2.64. The number of rotatable bonds is 17. The zero-order valence-corrected chi connectivity index (χ0v) is 22.1. The van der Waals surface area contributed by atoms with E-state index in [9.17, 15) is 40.5 Å². The minimum absolute atomic E-state index is 0.0198. The second kappa shape index (κ2) is 17.7. The van der Waals surface area contributed by atoms with E-state index in [2.05, 4.69) is 12.2 Å². The SMILES string of the molecule is CCCCCCCCCCC(=O)NCCOC1OC(CO)[C@@H](OC2OC(CO)[C@@H](O)C(O)C2O)C(O)C1O. The molecule has 0 bridgehead atoms. The molecular weight excluding hydrogens is 506 g/mol. The molecule has 2 saturated heterocycles. The zero-order valence-electron chi connectivity index (χ0n) is 22.1. The number of carbonyl (C=O) groups excluding carboxylic acids is 1. The van der Waals surface area contributed by atoms with Gasteiger partial charge in [-0.2, -0.15) is 0 Å². The number of carbonyl (C=O) groups is 1. The Labute approximate surface area is 223 Å². The predicted octanol–water partition coefficient (Wildman–Crippen LogP) is -1.73. The Bertz CT molecular complexity index is 654. The number of hydrogen-bond acceptors (Lipinski definition) is 12. The van der Waals surface area contributed by atoms with Crippen molar-refractivity contribution >= 4 is 5.91 Å². The molecule has 2 aliphatic rings. The van der Waals surface area contributed by atoms with E-state index in [-0.39, 0.29) is 19.1 Å². The van der Waals surface area contributed by atoms with Crippen molar-refractivity contribution in [2.24, 2.45) is 0 Å². The molecule has 0 saturated carbocycles. The summed E-state index contributed by atoms with van der Waals surface area (Å²) in [6.07, 6.45) is -5.53. The molecule has 38 heavy (non-hydrogen) atoms. The molecule has 0 spiro atoms. The van der Waals surface area contributed by atoms with E-state index in [0.29, 0.717) is 6.42 Å². The predicted molar refractivity (Wildman–Crippen MR) is 133 cm³/mol. The third kappa shape index (κ3) is 9.89. The molecule has 2 rings (SSSR count). The van der Waals surface area contributed by atoms with Crippen LogP contribution in [-0.4, -0.2) is 129 Å². The highest BCUT2D eigenvalue weighted by molar-refractivity contribution is 5.75. The molecule has 0 aromatic rings. The summed E-state index contributed by atoms with van der Waals surface area (Å²) >= 11 is 0. The third-order valence-corrected chi connectivity index (χ3v) is 6.92. The summed E-state index contributed by atoms with van der Waals surface area (Å²) in [7, 11) is 0. The molecule has 2 aliphatic heterocycles. The van der Waals surface area contributed by atoms with E-state index in [4.69, 9.17) is 18.9 Å². The van der Waals surface area contributed by atoms with E-state index in [1.807, 2.05) is 0 Å². The van der Waals surface area contributed by atoms with Crippen molar-refractivity contribution in [3.05, 3.63) is 0 Å². The van der Waals surface area contributed by atoms with Gasteiger partial charge in [0.2, 0.25) is 5.91 Å². The Balaban J connectivity index is 1.72. The van der Waals surface area contributed by atoms with Gasteiger partial charge in [0.15, 0.2) is 12.6 Å². The fraction of sp³-hybridized carbons (Fsp3) is 0.960. The maximum absolute atomic E-state index is 12.0. The molecule has 13 nitrogen and oxygen atoms in total. The summed E-state index contributed by atoms with van der Waals surface area (Å²) in [6, 6.07) is 0. The molecule has 0 aromatic heterocycles. The van der Waals surface area contributed by atoms with Crippen molar-refractivity contribution in [1.82, 2.24) is 5.32 Å². The number of unbranched alkanes of at least 4 members (excludes halogenated alkanes) is 7. The Kier molecular flexibility index (Phi) is 15.5. The lowest BCUT2D eigenvalue weighted by atomic mass is 9.97. The molecule has 2 heterocycles. The number of hydrogen-bond donors (Lipinski definition) is 8. The molecule has 8 N–H and O–H groups in total. The maximum Gasteiger partial charge on any atom is 0.220 e. The van der Waals surface area contributed by atoms with Gasteiger partial charge in [-0.3, -0.25) is 4.79 Å². The fourth-order valence-corrected chi connectivity index (χ4v) is 4.57. The Morgan fingerprint density at radius 3 is 1.95 bits per heavy atom. The van der Waals surface area contributed by atoms with Gasteiger partial charge < -0.3 is 60.0 Å². The van der Waals surface area contributed by atoms with Gasteiger partial charge in [0.1, 0.15) is 48.8 Å². The molecule has 2 fully saturated rings. The van der Waals surface area contributed by atoms with Crippen LogP contribution in [0.3, 0.4) is 0 Å². The lowest BCUT2D eigenvalue weighted by Gasteiger charge is -2.45. The van der Waals surface area contributed by atoms with E-state index in [0.717, 1.165) is 19.3 Å². The highest BCUT2D eigenvalue weighted by Crippen LogP contribution is 2.29. The van der Waals surface area contributed by atoms with E-state index < -0.39 is 74.6 Å². The number of amides is 1. The van der Waals surface area contributed by atoms with Gasteiger partial charge in [-0.25, -0.2) is 0 Å². The van der Waals surface area contributed by atoms with Crippen molar-refractivity contribution in [3.8, 4) is 0 Å². The summed E-state index contributed by atoms with van der Waals surface area (Å²) in [6.45, 7) is 0.999. The van der Waals surface area contributed by atoms with Crippen LogP contribution in [0.2, 0.25) is 0 Å². The number of nitrogens with one attached hydrogen (secondary N) is 1. The van der Waals surface area contributed by atoms with Gasteiger partial charge in [0.05, 0.1) is 19.8 Å². The van der Waals surface area contributed by atoms with Crippen molar-refractivity contribution in [2.75, 3.05) is 26.4 Å². The van der Waals surface area contributed by atoms with Crippen LogP contribution >= 0.6 is 0 Å². The normalized spacial score (nSPS) is 35.8. The van der Waals surface area contributed by atoms with Gasteiger partial charge in [-0.15, -0.1) is 0 Å². The molecule has 8 unspecified atom stereocenters. The Morgan fingerprint density at radius 1 is 0.737 bits per heavy atom. The summed E-state index contributed by atoms with van der Waals surface area (Å²) < 4.78 is 21.8. The second-order valence-corrected chi connectivity index (χ2v) is 9.95. The average molecular weight is 554 g/mol. The first-order valence-corrected chi connectivity index (χ1v) is 13.7. The topological polar surface area (TPSA) is 208 Å². The van der Waals surface area contributed by atoms with Crippen LogP contribution in [-0.2, 0) is 23.7 Å². The molecule has 1 amide bonds. The molecule has 0 aliphatic carbocycles. The van der Waals surface area contributed by atoms with Gasteiger partial charge in [0, 0.05) is 13.0 Å². The average Bonchev–Trinajstić information content (AvgIpc) is 2.91. The van der Waals surface area contributed by atoms with Crippen LogP contribution in [0.25, 0.3) is 0 Å². The molecule has 224 valence electrons. The monoisotopic (exact) mass is 553 g/mol. The molecular formula is C25H47NO12. The number of aliphatic hydroxyl groups is 7. The number of aliphatic hydroxyl groups excluding tert-OH is 7. The first-order chi connectivity index (χ1) is 18.2. The van der Waals surface area contributed by atoms with Crippen LogP contribution in [0.4, 0.5) is 0 Å². The minimum atomic E-state index is -1.74. The third-order valence-electron chi connectivity index (χ3n) is 6.92. The lowest BCUT2D eigenvalue weighted by molar-refractivity contribution is -0.359. The number of ether oxygens (including phenoxy) is 4. The van der Waals surface area contributed by atoms with Crippen molar-refractivity contribution < 1.29 is 59.5 Å². The van der Waals surface area contributed by atoms with Crippen LogP contribution in [0.1, 0.15) is 64.7 Å². The smallest absolute Gasteiger partial charge is 0.220 e. The van der Waals surface area contributed by atoms with Gasteiger partial charge in [-0.05, 0) is 6.42 Å². The van der Waals surface area contributed by atoms with E-state index in [1.54, 1.807) is 0 Å². The van der Waals surface area contributed by atoms with Crippen molar-refractivity contribution in [3.63, 3.8) is 0 Å². The van der Waals surface area contributed by atoms with Crippen LogP contribution in [0.15, 0.2) is 0 Å². The van der Waals surface area contributed by atoms with Crippen molar-refractivity contribution in [1.29, 1.82) is 0 Å². The quantitative estimate of drug-likeness (QED) is 0.0946. The van der Waals surface area contributed by atoms with Gasteiger partial charge >= 0.3 is 0 Å². The Morgan fingerprint density at radius 2 is 1.32 bits per heavy atom. The van der Waals surface area contributed by atoms with Crippen molar-refractivity contribution in [2.45, 2.75) is 126 Å². The van der Waals surface area contributed by atoms with Crippen LogP contribution in [0.5, 0.6) is 0 Å². The minimum Gasteiger partial charge on any atom is -0.394 e. The highest BCUT2D eigenvalue weighted by atomic mass is 16.7. The molecule has 0 aromatic carbocycles. The zero-order chi connectivity index (χ0) is 28.1. The van der Waals surface area contributed by atoms with Crippen LogP contribution < -0.4 is 5.32 Å². The van der Waals surface area contributed by atoms with Crippen LogP contribution in [0, 0.1) is 0 Å². The second-order valence-electron chi connectivity index (χ2n) is 9.95. The standard InChI is InChI=1S/C25H47NO12/c1-2-3-4-5-6-7-8-9-10-17(29)26-11-12-35-24-22(34)20(32)23(16(14-28)37-24)38-25-21(33)19(31)18(30)15(13-27)36-25/h15-16,18-25,27-28,30-34H,2-14H2,1H3,(H,26,29)/t15?,16?,18-,19?,20?,21?,22?,23-,24?,25?/m1/s1. The largest absolute Gasteiger partial charge is 0.394 e. The molecule has 10 atom stereocenters. The fourth-order valence-electron chi connectivity index (χ4n) is 4.57. The Hall–Kier alpha value is -0.970. The molecule has 0 radical (unpaired) electrons. The van der Waals surface area contributed by atoms with Gasteiger partial charge in [0.25, 0.3) is 0 Å². The van der Waals surface area contributed by atoms with E-state index in [1.165, 1.54) is 32.1 Å². The molecule has 13 heteroatoms. The first kappa shape index (κ1) is 33.2. The summed E-state index contributed by atoms with van der Waals surface area (Å²) in [5.41, 5.74) is 0. The summed E-state index contributed by atoms with van der Waals surface area (Å²) in [5, 5.41) is 72.9. The first-order valence-electron chi connectivity index (χ1n) is 13.7. The summed E-state index contributed by atoms with van der Waals surface area (Å²) in [5.74, 6) is -0.106. The summed E-state index contributed by atoms with van der Waals surface area (Å²) in [4.78, 5) is 12.0. The maximum atomic E-state index is 12.0. The highest BCUT2D eigenvalue weighted by Gasteiger charge is 2.50. The van der Waals surface area contributed by atoms with E-state index >= 15 is 0 Å².